The van der Waals surface area contributed by atoms with E-state index in [9.17, 15) is 0 Å². The summed E-state index contributed by atoms with van der Waals surface area (Å²) < 4.78 is 0. The highest BCUT2D eigenvalue weighted by atomic mass is 14.8. The van der Waals surface area contributed by atoms with Crippen molar-refractivity contribution in [2.75, 3.05) is 0 Å². The Labute approximate surface area is 128 Å². The highest BCUT2D eigenvalue weighted by Crippen LogP contribution is 2.40. The average Bonchev–Trinajstić information content (AvgIpc) is 3.22. The van der Waals surface area contributed by atoms with Crippen molar-refractivity contribution in [3.05, 3.63) is 23.8 Å². The first-order valence-corrected chi connectivity index (χ1v) is 8.76. The fourth-order valence-electron chi connectivity index (χ4n) is 3.71. The van der Waals surface area contributed by atoms with Gasteiger partial charge in [0.2, 0.25) is 0 Å². The van der Waals surface area contributed by atoms with Crippen LogP contribution in [0.1, 0.15) is 69.9 Å². The lowest BCUT2D eigenvalue weighted by Crippen LogP contribution is -2.24. The smallest absolute Gasteiger partial charge is 0.0927 e. The molecule has 2 aliphatic carbocycles. The molecule has 0 aliphatic heterocycles. The lowest BCUT2D eigenvalue weighted by Gasteiger charge is -2.24. The van der Waals surface area contributed by atoms with Crippen LogP contribution in [0.15, 0.2) is 18.1 Å². The van der Waals surface area contributed by atoms with E-state index in [2.05, 4.69) is 16.0 Å². The van der Waals surface area contributed by atoms with E-state index in [1.54, 1.807) is 11.9 Å². The Morgan fingerprint density at radius 2 is 2.10 bits per heavy atom. The molecule has 3 nitrogen and oxygen atoms in total. The van der Waals surface area contributed by atoms with Crippen LogP contribution in [-0.2, 0) is 0 Å². The third kappa shape index (κ3) is 4.70. The van der Waals surface area contributed by atoms with Gasteiger partial charge < -0.3 is 10.7 Å². The Morgan fingerprint density at radius 1 is 1.29 bits per heavy atom. The average molecular weight is 287 g/mol. The Hall–Kier alpha value is -1.09. The summed E-state index contributed by atoms with van der Waals surface area (Å²) in [5.74, 6) is 1.71. The summed E-state index contributed by atoms with van der Waals surface area (Å²) in [5, 5.41) is 0. The highest BCUT2D eigenvalue weighted by Gasteiger charge is 2.26. The molecule has 0 unspecified atom stereocenters. The maximum atomic E-state index is 6.40. The monoisotopic (exact) mass is 287 g/mol. The minimum atomic E-state index is 0.384. The van der Waals surface area contributed by atoms with Gasteiger partial charge in [-0.25, -0.2) is 4.98 Å². The number of aromatic amines is 1. The number of hydrogen-bond acceptors (Lipinski definition) is 2. The zero-order valence-corrected chi connectivity index (χ0v) is 13.1. The van der Waals surface area contributed by atoms with E-state index in [4.69, 9.17) is 5.73 Å². The van der Waals surface area contributed by atoms with Crippen molar-refractivity contribution in [3.63, 3.8) is 0 Å². The number of imidazole rings is 1. The van der Waals surface area contributed by atoms with Crippen LogP contribution in [0.4, 0.5) is 0 Å². The topological polar surface area (TPSA) is 54.7 Å². The van der Waals surface area contributed by atoms with Crippen molar-refractivity contribution in [2.45, 2.75) is 70.3 Å². The van der Waals surface area contributed by atoms with Crippen LogP contribution < -0.4 is 5.73 Å². The van der Waals surface area contributed by atoms with Crippen LogP contribution in [0, 0.1) is 11.8 Å². The maximum Gasteiger partial charge on any atom is 0.0927 e. The lowest BCUT2D eigenvalue weighted by molar-refractivity contribution is 0.312. The van der Waals surface area contributed by atoms with Gasteiger partial charge in [0.15, 0.2) is 0 Å². The molecule has 0 spiro atoms. The summed E-state index contributed by atoms with van der Waals surface area (Å²) in [6.07, 6.45) is 19.4. The van der Waals surface area contributed by atoms with E-state index in [-0.39, 0.29) is 0 Å². The first-order valence-electron chi connectivity index (χ1n) is 8.76. The quantitative estimate of drug-likeness (QED) is 0.786. The molecule has 0 aromatic carbocycles. The molecule has 0 amide bonds. The van der Waals surface area contributed by atoms with Gasteiger partial charge in [0.25, 0.3) is 0 Å². The van der Waals surface area contributed by atoms with Gasteiger partial charge in [-0.1, -0.05) is 37.7 Å². The first kappa shape index (κ1) is 14.8. The Morgan fingerprint density at radius 3 is 2.76 bits per heavy atom. The third-order valence-electron chi connectivity index (χ3n) is 5.12. The van der Waals surface area contributed by atoms with Gasteiger partial charge in [-0.3, -0.25) is 0 Å². The van der Waals surface area contributed by atoms with E-state index in [1.165, 1.54) is 51.4 Å². The molecule has 1 aromatic heterocycles. The van der Waals surface area contributed by atoms with Gasteiger partial charge in [0.05, 0.1) is 12.0 Å². The van der Waals surface area contributed by atoms with Crippen LogP contribution in [-0.4, -0.2) is 16.0 Å². The molecule has 1 aromatic rings. The number of hydrogen-bond donors (Lipinski definition) is 2. The summed E-state index contributed by atoms with van der Waals surface area (Å²) in [6.45, 7) is 0. The fourth-order valence-corrected chi connectivity index (χ4v) is 3.71. The molecule has 1 atom stereocenters. The molecule has 3 rings (SSSR count). The van der Waals surface area contributed by atoms with Crippen molar-refractivity contribution < 1.29 is 0 Å². The number of rotatable bonds is 7. The first-order chi connectivity index (χ1) is 10.3. The van der Waals surface area contributed by atoms with E-state index in [0.717, 1.165) is 30.4 Å². The largest absolute Gasteiger partial charge is 0.351 e. The summed E-state index contributed by atoms with van der Waals surface area (Å²) in [4.78, 5) is 7.36. The molecule has 2 aliphatic rings. The number of aromatic nitrogens is 2. The Kier molecular flexibility index (Phi) is 5.13. The summed E-state index contributed by atoms with van der Waals surface area (Å²) in [6, 6.07) is 0.384. The minimum Gasteiger partial charge on any atom is -0.351 e. The Bertz CT molecular complexity index is 439. The number of nitrogens with one attached hydrogen (secondary N) is 1. The standard InChI is InChI=1S/C18H29N3/c19-17(10-14-4-2-1-3-5-14)9-8-16(15-6-7-15)11-18-12-20-13-21-18/h11-15,17H,1-10,19H2,(H,20,21)/t17-/m1/s1. The molecular formula is C18H29N3. The molecule has 3 heteroatoms. The second-order valence-electron chi connectivity index (χ2n) is 7.03. The molecule has 2 saturated carbocycles. The summed E-state index contributed by atoms with van der Waals surface area (Å²) >= 11 is 0. The second kappa shape index (κ2) is 7.26. The minimum absolute atomic E-state index is 0.384. The molecule has 1 heterocycles. The summed E-state index contributed by atoms with van der Waals surface area (Å²) in [5.41, 5.74) is 9.04. The van der Waals surface area contributed by atoms with Gasteiger partial charge in [0, 0.05) is 12.2 Å². The second-order valence-corrected chi connectivity index (χ2v) is 7.03. The van der Waals surface area contributed by atoms with Crippen molar-refractivity contribution >= 4 is 6.08 Å². The van der Waals surface area contributed by atoms with E-state index in [0.29, 0.717) is 6.04 Å². The SMILES string of the molecule is N[C@H](CCC(=Cc1c[nH]cn1)C1CC1)CC1CCCCC1. The van der Waals surface area contributed by atoms with Crippen molar-refractivity contribution in [2.24, 2.45) is 17.6 Å². The third-order valence-corrected chi connectivity index (χ3v) is 5.12. The lowest BCUT2D eigenvalue weighted by atomic mass is 9.84. The molecule has 0 saturated heterocycles. The maximum absolute atomic E-state index is 6.40. The Balaban J connectivity index is 1.47. The molecule has 0 radical (unpaired) electrons. The van der Waals surface area contributed by atoms with Crippen molar-refractivity contribution in [1.29, 1.82) is 0 Å². The van der Waals surface area contributed by atoms with Crippen molar-refractivity contribution in [1.82, 2.24) is 9.97 Å². The number of H-pyrrole nitrogens is 1. The van der Waals surface area contributed by atoms with Crippen LogP contribution in [0.5, 0.6) is 0 Å². The molecule has 116 valence electrons. The van der Waals surface area contributed by atoms with Gasteiger partial charge in [-0.15, -0.1) is 0 Å². The molecule has 21 heavy (non-hydrogen) atoms. The van der Waals surface area contributed by atoms with Crippen LogP contribution in [0.2, 0.25) is 0 Å². The zero-order valence-electron chi connectivity index (χ0n) is 13.1. The zero-order chi connectivity index (χ0) is 14.5. The van der Waals surface area contributed by atoms with E-state index in [1.807, 2.05) is 6.20 Å². The molecule has 0 bridgehead atoms. The van der Waals surface area contributed by atoms with E-state index >= 15 is 0 Å². The number of nitrogens with zero attached hydrogens (tertiary/aromatic N) is 1. The molecular weight excluding hydrogens is 258 g/mol. The van der Waals surface area contributed by atoms with Gasteiger partial charge in [0.1, 0.15) is 0 Å². The normalized spacial score (nSPS) is 22.4. The predicted octanol–water partition coefficient (Wildman–Crippen LogP) is 4.28. The van der Waals surface area contributed by atoms with Crippen LogP contribution in [0.3, 0.4) is 0 Å². The van der Waals surface area contributed by atoms with Gasteiger partial charge in [-0.2, -0.15) is 0 Å². The molecule has 2 fully saturated rings. The summed E-state index contributed by atoms with van der Waals surface area (Å²) in [7, 11) is 0. The molecule has 3 N–H and O–H groups in total. The van der Waals surface area contributed by atoms with E-state index < -0.39 is 0 Å². The van der Waals surface area contributed by atoms with Gasteiger partial charge in [-0.05, 0) is 50.0 Å². The number of nitrogens with two attached hydrogens (primary N) is 1. The van der Waals surface area contributed by atoms with Crippen LogP contribution in [0.25, 0.3) is 6.08 Å². The highest BCUT2D eigenvalue weighted by molar-refractivity contribution is 5.49. The number of allylic oxidation sites excluding steroid dienone is 1. The van der Waals surface area contributed by atoms with Crippen molar-refractivity contribution in [3.8, 4) is 0 Å². The fraction of sp³-hybridized carbons (Fsp3) is 0.722. The van der Waals surface area contributed by atoms with Gasteiger partial charge >= 0.3 is 0 Å². The van der Waals surface area contributed by atoms with Crippen LogP contribution >= 0.6 is 0 Å². The predicted molar refractivity (Wildman–Crippen MR) is 87.7 cm³/mol.